The van der Waals surface area contributed by atoms with Crippen molar-refractivity contribution in [3.05, 3.63) is 0 Å². The first-order valence-corrected chi connectivity index (χ1v) is 8.13. The number of aliphatic carboxylic acids is 1. The van der Waals surface area contributed by atoms with Crippen LogP contribution in [-0.4, -0.2) is 11.1 Å². The molecule has 0 atom stereocenters. The third-order valence-corrected chi connectivity index (χ3v) is 6.88. The molecule has 5 rings (SSSR count). The maximum Gasteiger partial charge on any atom is 0.309 e. The first kappa shape index (κ1) is 12.2. The van der Waals surface area contributed by atoms with Crippen molar-refractivity contribution in [2.24, 2.45) is 40.4 Å². The summed E-state index contributed by atoms with van der Waals surface area (Å²) in [4.78, 5) is 12.0. The van der Waals surface area contributed by atoms with Gasteiger partial charge in [0.15, 0.2) is 0 Å². The predicted octanol–water partition coefficient (Wildman–Crippen LogP) is 3.95. The minimum Gasteiger partial charge on any atom is -0.481 e. The Morgan fingerprint density at radius 1 is 0.947 bits per heavy atom. The summed E-state index contributed by atoms with van der Waals surface area (Å²) < 4.78 is 0. The highest BCUT2D eigenvalue weighted by molar-refractivity contribution is 5.77. The zero-order chi connectivity index (χ0) is 13.4. The zero-order valence-electron chi connectivity index (χ0n) is 12.2. The van der Waals surface area contributed by atoms with Gasteiger partial charge in [0.05, 0.1) is 5.41 Å². The minimum absolute atomic E-state index is 0.257. The highest BCUT2D eigenvalue weighted by Crippen LogP contribution is 2.68. The van der Waals surface area contributed by atoms with Gasteiger partial charge in [0.1, 0.15) is 0 Å². The number of rotatable bonds is 2. The molecule has 0 unspecified atom stereocenters. The summed E-state index contributed by atoms with van der Waals surface area (Å²) in [5.74, 6) is 3.39. The Morgan fingerprint density at radius 3 is 1.79 bits per heavy atom. The normalized spacial score (nSPS) is 48.8. The Labute approximate surface area is 116 Å². The van der Waals surface area contributed by atoms with Gasteiger partial charge in [0.2, 0.25) is 0 Å². The van der Waals surface area contributed by atoms with Crippen molar-refractivity contribution in [1.29, 1.82) is 0 Å². The van der Waals surface area contributed by atoms with Gasteiger partial charge >= 0.3 is 5.97 Å². The van der Waals surface area contributed by atoms with Crippen molar-refractivity contribution in [2.45, 2.75) is 58.8 Å². The van der Waals surface area contributed by atoms with E-state index in [-0.39, 0.29) is 10.8 Å². The van der Waals surface area contributed by atoms with E-state index in [1.54, 1.807) is 0 Å². The minimum atomic E-state index is -0.482. The van der Waals surface area contributed by atoms with Gasteiger partial charge in [-0.15, -0.1) is 0 Å². The fourth-order valence-electron chi connectivity index (χ4n) is 7.01. The summed E-state index contributed by atoms with van der Waals surface area (Å²) in [5.41, 5.74) is -0.0980. The maximum absolute atomic E-state index is 12.0. The quantitative estimate of drug-likeness (QED) is 0.818. The van der Waals surface area contributed by atoms with Crippen LogP contribution in [0, 0.1) is 40.4 Å². The standard InChI is InChI=1S/C17H26O2/c1-16(2)8-17(9-16,15(18)19)14-12-4-10-3-11(6-12)7-13(14)5-10/h10-14H,3-9H2,1-2H3,(H,18,19). The monoisotopic (exact) mass is 262 g/mol. The van der Waals surface area contributed by atoms with E-state index in [0.29, 0.717) is 5.92 Å². The Morgan fingerprint density at radius 2 is 1.42 bits per heavy atom. The van der Waals surface area contributed by atoms with E-state index < -0.39 is 5.97 Å². The van der Waals surface area contributed by atoms with Crippen molar-refractivity contribution in [1.82, 2.24) is 0 Å². The van der Waals surface area contributed by atoms with E-state index in [1.807, 2.05) is 0 Å². The lowest BCUT2D eigenvalue weighted by Gasteiger charge is -2.64. The molecule has 2 nitrogen and oxygen atoms in total. The Balaban J connectivity index is 1.66. The zero-order valence-corrected chi connectivity index (χ0v) is 12.2. The maximum atomic E-state index is 12.0. The van der Waals surface area contributed by atoms with Gasteiger partial charge in [-0.2, -0.15) is 0 Å². The molecule has 5 saturated carbocycles. The van der Waals surface area contributed by atoms with Gasteiger partial charge in [-0.1, -0.05) is 13.8 Å². The summed E-state index contributed by atoms with van der Waals surface area (Å²) >= 11 is 0. The summed E-state index contributed by atoms with van der Waals surface area (Å²) in [6, 6.07) is 0. The number of carbonyl (C=O) groups is 1. The van der Waals surface area contributed by atoms with Crippen LogP contribution in [0.4, 0.5) is 0 Å². The van der Waals surface area contributed by atoms with E-state index in [1.165, 1.54) is 32.1 Å². The first-order valence-electron chi connectivity index (χ1n) is 8.13. The lowest BCUT2D eigenvalue weighted by atomic mass is 9.39. The average Bonchev–Trinajstić information content (AvgIpc) is 2.23. The third-order valence-electron chi connectivity index (χ3n) is 6.88. The molecule has 1 N–H and O–H groups in total. The summed E-state index contributed by atoms with van der Waals surface area (Å²) in [6.07, 6.45) is 8.65. The smallest absolute Gasteiger partial charge is 0.309 e. The van der Waals surface area contributed by atoms with Crippen molar-refractivity contribution in [2.75, 3.05) is 0 Å². The second-order valence-electron chi connectivity index (χ2n) is 8.94. The second kappa shape index (κ2) is 3.56. The van der Waals surface area contributed by atoms with Crippen molar-refractivity contribution in [3.8, 4) is 0 Å². The molecule has 0 aromatic heterocycles. The van der Waals surface area contributed by atoms with Gasteiger partial charge < -0.3 is 5.11 Å². The lowest BCUT2D eigenvalue weighted by molar-refractivity contribution is -0.197. The number of carboxylic acids is 1. The topological polar surface area (TPSA) is 37.3 Å². The first-order chi connectivity index (χ1) is 8.90. The molecule has 5 fully saturated rings. The van der Waals surface area contributed by atoms with Crippen LogP contribution in [0.1, 0.15) is 58.8 Å². The van der Waals surface area contributed by atoms with Crippen LogP contribution < -0.4 is 0 Å². The molecule has 0 spiro atoms. The Bertz CT molecular complexity index is 387. The van der Waals surface area contributed by atoms with E-state index in [4.69, 9.17) is 0 Å². The molecule has 0 radical (unpaired) electrons. The fraction of sp³-hybridized carbons (Fsp3) is 0.941. The number of hydrogen-bond acceptors (Lipinski definition) is 1. The average molecular weight is 262 g/mol. The van der Waals surface area contributed by atoms with Crippen LogP contribution in [0.2, 0.25) is 0 Å². The van der Waals surface area contributed by atoms with Crippen LogP contribution in [-0.2, 0) is 4.79 Å². The molecular formula is C17H26O2. The molecule has 0 saturated heterocycles. The second-order valence-corrected chi connectivity index (χ2v) is 8.94. The molecule has 5 aliphatic rings. The van der Waals surface area contributed by atoms with Crippen LogP contribution >= 0.6 is 0 Å². The predicted molar refractivity (Wildman–Crippen MR) is 73.6 cm³/mol. The van der Waals surface area contributed by atoms with E-state index >= 15 is 0 Å². The summed E-state index contributed by atoms with van der Waals surface area (Å²) in [7, 11) is 0. The lowest BCUT2D eigenvalue weighted by Crippen LogP contribution is -2.61. The SMILES string of the molecule is CC1(C)CC(C(=O)O)(C2C3CC4CC(C3)CC2C4)C1. The van der Waals surface area contributed by atoms with E-state index in [0.717, 1.165) is 36.5 Å². The molecule has 106 valence electrons. The molecule has 0 heterocycles. The Hall–Kier alpha value is -0.530. The molecular weight excluding hydrogens is 236 g/mol. The van der Waals surface area contributed by atoms with Crippen LogP contribution in [0.15, 0.2) is 0 Å². The highest BCUT2D eigenvalue weighted by Gasteiger charge is 2.64. The molecule has 0 aliphatic heterocycles. The van der Waals surface area contributed by atoms with Crippen LogP contribution in [0.5, 0.6) is 0 Å². The van der Waals surface area contributed by atoms with Gasteiger partial charge in [0, 0.05) is 0 Å². The van der Waals surface area contributed by atoms with Crippen molar-refractivity contribution >= 4 is 5.97 Å². The van der Waals surface area contributed by atoms with Gasteiger partial charge in [-0.25, -0.2) is 0 Å². The molecule has 0 aromatic rings. The third kappa shape index (κ3) is 1.58. The molecule has 0 amide bonds. The molecule has 0 aromatic carbocycles. The van der Waals surface area contributed by atoms with Gasteiger partial charge in [-0.05, 0) is 80.0 Å². The molecule has 2 heteroatoms. The van der Waals surface area contributed by atoms with Crippen LogP contribution in [0.25, 0.3) is 0 Å². The number of carboxylic acid groups (broad SMARTS) is 1. The van der Waals surface area contributed by atoms with Gasteiger partial charge in [-0.3, -0.25) is 4.79 Å². The highest BCUT2D eigenvalue weighted by atomic mass is 16.4. The van der Waals surface area contributed by atoms with E-state index in [2.05, 4.69) is 13.8 Å². The van der Waals surface area contributed by atoms with Crippen molar-refractivity contribution < 1.29 is 9.90 Å². The summed E-state index contributed by atoms with van der Waals surface area (Å²) in [6.45, 7) is 4.48. The Kier molecular flexibility index (Phi) is 2.29. The van der Waals surface area contributed by atoms with Crippen LogP contribution in [0.3, 0.4) is 0 Å². The molecule has 4 bridgehead atoms. The van der Waals surface area contributed by atoms with Gasteiger partial charge in [0.25, 0.3) is 0 Å². The summed E-state index contributed by atoms with van der Waals surface area (Å²) in [5, 5.41) is 9.90. The number of hydrogen-bond donors (Lipinski definition) is 1. The molecule has 5 aliphatic carbocycles. The van der Waals surface area contributed by atoms with E-state index in [9.17, 15) is 9.90 Å². The molecule has 19 heavy (non-hydrogen) atoms. The fourth-order valence-corrected chi connectivity index (χ4v) is 7.01. The largest absolute Gasteiger partial charge is 0.481 e. The van der Waals surface area contributed by atoms with Crippen molar-refractivity contribution in [3.63, 3.8) is 0 Å².